The van der Waals surface area contributed by atoms with Gasteiger partial charge in [-0.15, -0.1) is 0 Å². The van der Waals surface area contributed by atoms with E-state index in [2.05, 4.69) is 15.5 Å². The minimum absolute atomic E-state index is 0.00993. The quantitative estimate of drug-likeness (QED) is 0.647. The first-order valence-electron chi connectivity index (χ1n) is 10.3. The highest BCUT2D eigenvalue weighted by molar-refractivity contribution is 6.18. The largest absolute Gasteiger partial charge is 0.493 e. The molecule has 31 heavy (non-hydrogen) atoms. The molecule has 2 saturated heterocycles. The van der Waals surface area contributed by atoms with Crippen LogP contribution in [0.2, 0.25) is 0 Å². The third-order valence-electron chi connectivity index (χ3n) is 7.67. The third-order valence-corrected chi connectivity index (χ3v) is 7.67. The predicted molar refractivity (Wildman–Crippen MR) is 106 cm³/mol. The van der Waals surface area contributed by atoms with Gasteiger partial charge in [0.15, 0.2) is 23.4 Å². The Bertz CT molecular complexity index is 1110. The molecule has 1 aromatic rings. The lowest BCUT2D eigenvalue weighted by Gasteiger charge is -2.57. The van der Waals surface area contributed by atoms with Crippen molar-refractivity contribution in [1.82, 2.24) is 15.5 Å². The van der Waals surface area contributed by atoms with Crippen LogP contribution in [0.3, 0.4) is 0 Å². The number of ketones is 1. The maximum absolute atomic E-state index is 13.3. The molecular weight excluding hydrogens is 402 g/mol. The normalized spacial score (nSPS) is 33.9. The highest BCUT2D eigenvalue weighted by atomic mass is 16.5. The summed E-state index contributed by atoms with van der Waals surface area (Å²) in [4.78, 5) is 52.6. The maximum Gasteiger partial charge on any atom is 0.328 e. The molecule has 6 rings (SSSR count). The lowest BCUT2D eigenvalue weighted by molar-refractivity contribution is -0.135. The number of nitrogens with one attached hydrogen (secondary N) is 2. The fourth-order valence-corrected chi connectivity index (χ4v) is 6.52. The fraction of sp³-hybridized carbons (Fsp3) is 0.455. The molecule has 1 aromatic carbocycles. The van der Waals surface area contributed by atoms with Crippen molar-refractivity contribution in [3.63, 3.8) is 0 Å². The Morgan fingerprint density at radius 2 is 1.90 bits per heavy atom. The molecule has 160 valence electrons. The van der Waals surface area contributed by atoms with Crippen LogP contribution in [0.1, 0.15) is 17.5 Å². The smallest absolute Gasteiger partial charge is 0.328 e. The lowest BCUT2D eigenvalue weighted by Crippen LogP contribution is -2.67. The van der Waals surface area contributed by atoms with Gasteiger partial charge in [-0.2, -0.15) is 0 Å². The monoisotopic (exact) mass is 423 g/mol. The average molecular weight is 423 g/mol. The number of barbiturate groups is 1. The molecule has 0 saturated carbocycles. The van der Waals surface area contributed by atoms with Crippen molar-refractivity contribution in [2.45, 2.75) is 30.4 Å². The summed E-state index contributed by atoms with van der Waals surface area (Å²) in [6.45, 7) is 0.763. The average Bonchev–Trinajstić information content (AvgIpc) is 3.07. The number of hydrogen-bond donors (Lipinski definition) is 2. The Kier molecular flexibility index (Phi) is 3.56. The minimum Gasteiger partial charge on any atom is -0.493 e. The van der Waals surface area contributed by atoms with Gasteiger partial charge in [0, 0.05) is 17.5 Å². The predicted octanol–water partition coefficient (Wildman–Crippen LogP) is 0.0617. The van der Waals surface area contributed by atoms with Crippen molar-refractivity contribution >= 4 is 23.6 Å². The van der Waals surface area contributed by atoms with Crippen LogP contribution >= 0.6 is 0 Å². The second-order valence-electron chi connectivity index (χ2n) is 8.94. The summed E-state index contributed by atoms with van der Waals surface area (Å²) in [6, 6.07) is 3.04. The van der Waals surface area contributed by atoms with E-state index < -0.39 is 35.3 Å². The van der Waals surface area contributed by atoms with Crippen LogP contribution in [0.15, 0.2) is 23.8 Å². The number of carbonyl (C=O) groups excluding carboxylic acids is 4. The number of rotatable bonds is 2. The number of amides is 4. The summed E-state index contributed by atoms with van der Waals surface area (Å²) in [6.07, 6.45) is 2.04. The Morgan fingerprint density at radius 3 is 2.61 bits per heavy atom. The van der Waals surface area contributed by atoms with Crippen molar-refractivity contribution in [2.75, 3.05) is 20.7 Å². The number of imide groups is 2. The van der Waals surface area contributed by atoms with Gasteiger partial charge in [-0.25, -0.2) is 4.79 Å². The molecule has 2 aliphatic carbocycles. The molecule has 9 heteroatoms. The van der Waals surface area contributed by atoms with E-state index in [1.54, 1.807) is 7.11 Å². The summed E-state index contributed by atoms with van der Waals surface area (Å²) in [7, 11) is 3.59. The zero-order valence-corrected chi connectivity index (χ0v) is 17.1. The fourth-order valence-electron chi connectivity index (χ4n) is 6.52. The number of piperidine rings is 1. The molecule has 3 aliphatic heterocycles. The van der Waals surface area contributed by atoms with E-state index in [0.717, 1.165) is 17.7 Å². The molecule has 1 unspecified atom stereocenters. The molecular formula is C22H21N3O6. The molecule has 3 heterocycles. The van der Waals surface area contributed by atoms with Crippen molar-refractivity contribution < 1.29 is 28.7 Å². The van der Waals surface area contributed by atoms with Crippen LogP contribution in [-0.4, -0.2) is 61.4 Å². The van der Waals surface area contributed by atoms with Crippen LogP contribution in [0.4, 0.5) is 4.79 Å². The number of likely N-dealkylation sites (N-methyl/N-ethyl adjacent to an activating group) is 1. The van der Waals surface area contributed by atoms with Gasteiger partial charge in [0.2, 0.25) is 11.8 Å². The first-order valence-corrected chi connectivity index (χ1v) is 10.3. The molecule has 0 radical (unpaired) electrons. The number of likely N-dealkylation sites (tertiary alicyclic amines) is 1. The van der Waals surface area contributed by atoms with Crippen LogP contribution in [0.25, 0.3) is 0 Å². The van der Waals surface area contributed by atoms with Crippen LogP contribution in [0.5, 0.6) is 11.5 Å². The molecule has 9 nitrogen and oxygen atoms in total. The third kappa shape index (κ3) is 2.14. The summed E-state index contributed by atoms with van der Waals surface area (Å²) in [5, 5.41) is 4.35. The first-order chi connectivity index (χ1) is 14.9. The van der Waals surface area contributed by atoms with E-state index in [0.29, 0.717) is 29.9 Å². The summed E-state index contributed by atoms with van der Waals surface area (Å²) in [5.74, 6) is -1.99. The maximum atomic E-state index is 13.3. The number of ether oxygens (including phenoxy) is 2. The van der Waals surface area contributed by atoms with Gasteiger partial charge in [-0.3, -0.25) is 25.0 Å². The van der Waals surface area contributed by atoms with Crippen molar-refractivity contribution in [3.05, 3.63) is 34.9 Å². The molecule has 2 N–H and O–H groups in total. The van der Waals surface area contributed by atoms with Gasteiger partial charge in [-0.05, 0) is 49.7 Å². The molecule has 0 aromatic heterocycles. The van der Waals surface area contributed by atoms with Crippen molar-refractivity contribution in [2.24, 2.45) is 11.8 Å². The molecule has 5 aliphatic rings. The first kappa shape index (κ1) is 18.6. The topological polar surface area (TPSA) is 114 Å². The second kappa shape index (κ2) is 5.94. The van der Waals surface area contributed by atoms with E-state index >= 15 is 0 Å². The van der Waals surface area contributed by atoms with E-state index in [-0.39, 0.29) is 17.7 Å². The van der Waals surface area contributed by atoms with Gasteiger partial charge >= 0.3 is 6.03 Å². The van der Waals surface area contributed by atoms with E-state index in [9.17, 15) is 19.2 Å². The summed E-state index contributed by atoms with van der Waals surface area (Å²) in [5.41, 5.74) is 1.87. The molecule has 2 bridgehead atoms. The number of carbonyl (C=O) groups is 4. The zero-order chi connectivity index (χ0) is 21.7. The Morgan fingerprint density at radius 1 is 1.16 bits per heavy atom. The number of nitrogens with zero attached hydrogens (tertiary/aromatic N) is 1. The van der Waals surface area contributed by atoms with Crippen LogP contribution in [-0.2, 0) is 26.2 Å². The number of urea groups is 1. The zero-order valence-electron chi connectivity index (χ0n) is 17.1. The van der Waals surface area contributed by atoms with Gasteiger partial charge in [0.25, 0.3) is 0 Å². The highest BCUT2D eigenvalue weighted by Gasteiger charge is 2.67. The Balaban J connectivity index is 1.59. The summed E-state index contributed by atoms with van der Waals surface area (Å²) < 4.78 is 11.8. The van der Waals surface area contributed by atoms with Crippen LogP contribution < -0.4 is 20.1 Å². The number of benzene rings is 1. The number of methoxy groups -OCH3 is 1. The van der Waals surface area contributed by atoms with E-state index in [1.807, 2.05) is 19.2 Å². The van der Waals surface area contributed by atoms with Crippen LogP contribution in [0, 0.1) is 11.8 Å². The molecule has 2 fully saturated rings. The number of hydrogen-bond acceptors (Lipinski definition) is 7. The highest BCUT2D eigenvalue weighted by Crippen LogP contribution is 2.64. The second-order valence-corrected chi connectivity index (χ2v) is 8.94. The summed E-state index contributed by atoms with van der Waals surface area (Å²) >= 11 is 0. The lowest BCUT2D eigenvalue weighted by atomic mass is 9.50. The van der Waals surface area contributed by atoms with Gasteiger partial charge < -0.3 is 14.4 Å². The van der Waals surface area contributed by atoms with Crippen molar-refractivity contribution in [1.29, 1.82) is 0 Å². The minimum atomic E-state index is -1.23. The van der Waals surface area contributed by atoms with Crippen molar-refractivity contribution in [3.8, 4) is 11.5 Å². The van der Waals surface area contributed by atoms with Gasteiger partial charge in [0.1, 0.15) is 5.92 Å². The van der Waals surface area contributed by atoms with Gasteiger partial charge in [0.05, 0.1) is 12.5 Å². The molecule has 1 spiro atoms. The Hall–Kier alpha value is -3.20. The molecule has 4 amide bonds. The molecule has 4 atom stereocenters. The van der Waals surface area contributed by atoms with E-state index in [1.165, 1.54) is 6.08 Å². The standard InChI is InChI=1S/C22H21N3O6/c1-25-6-5-22-15-9-3-4-13(30-2)17(15)31-18(22)12(26)8-10(16(22)11(25)7-9)14-19(27)23-21(29)24-20(14)28/h3-4,8,11,14,16,18H,5-7H2,1-2H3,(H2,23,24,27,28,29)/t11-,16+,18?,22-/m1/s1. The SMILES string of the molecule is COc1ccc2c3c1OC1C(=O)C=C(C4C(=O)NC(=O)NC4=O)[C@H]4[C@@H](C2)N(C)CC[C@]314. The van der Waals surface area contributed by atoms with E-state index in [4.69, 9.17) is 9.47 Å². The van der Waals surface area contributed by atoms with Gasteiger partial charge in [-0.1, -0.05) is 6.07 Å². The Labute approximate surface area is 177 Å².